The molecular weight excluding hydrogens is 452 g/mol. The van der Waals surface area contributed by atoms with Crippen molar-refractivity contribution < 1.29 is 18.3 Å². The highest BCUT2D eigenvalue weighted by atomic mass is 19.1. The molecule has 0 spiro atoms. The van der Waals surface area contributed by atoms with Crippen molar-refractivity contribution in [2.45, 2.75) is 31.9 Å². The molecule has 2 saturated heterocycles. The lowest BCUT2D eigenvalue weighted by atomic mass is 9.98. The molecule has 2 aliphatic heterocycles. The molecule has 3 heterocycles. The molecule has 0 bridgehead atoms. The van der Waals surface area contributed by atoms with Crippen LogP contribution in [0.15, 0.2) is 36.5 Å². The van der Waals surface area contributed by atoms with Crippen molar-refractivity contribution >= 4 is 28.4 Å². The van der Waals surface area contributed by atoms with Crippen LogP contribution in [0.5, 0.6) is 0 Å². The lowest BCUT2D eigenvalue weighted by Crippen LogP contribution is -2.41. The molecule has 0 radical (unpaired) electrons. The number of ether oxygens (including phenoxy) is 1. The third kappa shape index (κ3) is 4.65. The van der Waals surface area contributed by atoms with Crippen molar-refractivity contribution in [1.29, 1.82) is 0 Å². The van der Waals surface area contributed by atoms with Crippen molar-refractivity contribution in [3.05, 3.63) is 59.3 Å². The Morgan fingerprint density at radius 3 is 2.60 bits per heavy atom. The number of benzene rings is 2. The number of hydrogen-bond acceptors (Lipinski definition) is 6. The van der Waals surface area contributed by atoms with Gasteiger partial charge in [-0.05, 0) is 44.0 Å². The molecule has 1 aromatic heterocycles. The SMILES string of the molecule is C[C@@H]1CN(c2cnc3cc(C(=O)N(C)C)cc(C4CCCN4c4cc(F)cc(F)c4)c3n2)CCO1. The monoisotopic (exact) mass is 481 g/mol. The predicted octanol–water partition coefficient (Wildman–Crippen LogP) is 4.18. The molecule has 0 saturated carbocycles. The molecule has 2 fully saturated rings. The lowest BCUT2D eigenvalue weighted by Gasteiger charge is -2.32. The number of nitrogens with zero attached hydrogens (tertiary/aromatic N) is 5. The minimum atomic E-state index is -0.615. The number of rotatable bonds is 4. The topological polar surface area (TPSA) is 61.8 Å². The molecule has 0 N–H and O–H groups in total. The summed E-state index contributed by atoms with van der Waals surface area (Å²) in [6, 6.07) is 7.02. The third-order valence-corrected chi connectivity index (χ3v) is 6.67. The van der Waals surface area contributed by atoms with Crippen LogP contribution in [0.25, 0.3) is 11.0 Å². The fraction of sp³-hybridized carbons (Fsp3) is 0.423. The Labute approximate surface area is 203 Å². The van der Waals surface area contributed by atoms with Crippen LogP contribution in [0, 0.1) is 11.6 Å². The van der Waals surface area contributed by atoms with Gasteiger partial charge in [-0.2, -0.15) is 0 Å². The number of fused-ring (bicyclic) bond motifs is 1. The van der Waals surface area contributed by atoms with Gasteiger partial charge in [0.05, 0.1) is 36.0 Å². The fourth-order valence-corrected chi connectivity index (χ4v) is 5.05. The Morgan fingerprint density at radius 2 is 1.89 bits per heavy atom. The molecule has 35 heavy (non-hydrogen) atoms. The molecule has 2 aromatic carbocycles. The molecule has 3 aromatic rings. The quantitative estimate of drug-likeness (QED) is 0.557. The maximum absolute atomic E-state index is 14.1. The number of carbonyl (C=O) groups excluding carboxylic acids is 1. The van der Waals surface area contributed by atoms with Crippen LogP contribution < -0.4 is 9.80 Å². The molecule has 184 valence electrons. The van der Waals surface area contributed by atoms with Gasteiger partial charge in [-0.15, -0.1) is 0 Å². The lowest BCUT2D eigenvalue weighted by molar-refractivity contribution is 0.0529. The van der Waals surface area contributed by atoms with E-state index in [0.29, 0.717) is 42.0 Å². The normalized spacial score (nSPS) is 20.5. The van der Waals surface area contributed by atoms with E-state index >= 15 is 0 Å². The maximum Gasteiger partial charge on any atom is 0.253 e. The van der Waals surface area contributed by atoms with Crippen molar-refractivity contribution in [3.63, 3.8) is 0 Å². The second-order valence-corrected chi connectivity index (χ2v) is 9.47. The summed E-state index contributed by atoms with van der Waals surface area (Å²) in [5.41, 5.74) is 3.15. The van der Waals surface area contributed by atoms with Crippen LogP contribution in [0.4, 0.5) is 20.3 Å². The summed E-state index contributed by atoms with van der Waals surface area (Å²) in [5, 5.41) is 0. The molecule has 2 atom stereocenters. The highest BCUT2D eigenvalue weighted by molar-refractivity contribution is 5.98. The summed E-state index contributed by atoms with van der Waals surface area (Å²) in [6.07, 6.45) is 3.45. The van der Waals surface area contributed by atoms with Crippen LogP contribution in [0.3, 0.4) is 0 Å². The van der Waals surface area contributed by atoms with E-state index < -0.39 is 11.6 Å². The van der Waals surface area contributed by atoms with Gasteiger partial charge in [-0.3, -0.25) is 9.78 Å². The summed E-state index contributed by atoms with van der Waals surface area (Å²) < 4.78 is 33.8. The number of hydrogen-bond donors (Lipinski definition) is 0. The Kier molecular flexibility index (Phi) is 6.27. The van der Waals surface area contributed by atoms with Gasteiger partial charge >= 0.3 is 0 Å². The minimum Gasteiger partial charge on any atom is -0.375 e. The van der Waals surface area contributed by atoms with E-state index in [0.717, 1.165) is 36.8 Å². The van der Waals surface area contributed by atoms with E-state index in [1.807, 2.05) is 17.9 Å². The smallest absolute Gasteiger partial charge is 0.253 e. The third-order valence-electron chi connectivity index (χ3n) is 6.67. The molecule has 9 heteroatoms. The summed E-state index contributed by atoms with van der Waals surface area (Å²) in [6.45, 7) is 4.72. The highest BCUT2D eigenvalue weighted by Gasteiger charge is 2.31. The average Bonchev–Trinajstić information content (AvgIpc) is 3.32. The number of carbonyl (C=O) groups is 1. The first-order chi connectivity index (χ1) is 16.8. The van der Waals surface area contributed by atoms with Gasteiger partial charge in [0.25, 0.3) is 5.91 Å². The summed E-state index contributed by atoms with van der Waals surface area (Å²) in [5.74, 6) is -0.615. The van der Waals surface area contributed by atoms with Gasteiger partial charge in [-0.1, -0.05) is 0 Å². The van der Waals surface area contributed by atoms with Crippen LogP contribution in [0.2, 0.25) is 0 Å². The zero-order chi connectivity index (χ0) is 24.7. The molecule has 1 unspecified atom stereocenters. The number of aromatic nitrogens is 2. The Bertz CT molecular complexity index is 1250. The van der Waals surface area contributed by atoms with Crippen molar-refractivity contribution in [1.82, 2.24) is 14.9 Å². The Hall–Kier alpha value is -3.33. The van der Waals surface area contributed by atoms with Gasteiger partial charge in [0.2, 0.25) is 0 Å². The molecular formula is C26H29F2N5O2. The summed E-state index contributed by atoms with van der Waals surface area (Å²) in [4.78, 5) is 28.2. The Balaban J connectivity index is 1.64. The van der Waals surface area contributed by atoms with Crippen molar-refractivity contribution in [2.24, 2.45) is 0 Å². The second-order valence-electron chi connectivity index (χ2n) is 9.47. The van der Waals surface area contributed by atoms with Crippen LogP contribution >= 0.6 is 0 Å². The maximum atomic E-state index is 14.1. The van der Waals surface area contributed by atoms with Gasteiger partial charge in [0, 0.05) is 56.6 Å². The molecule has 0 aliphatic carbocycles. The predicted molar refractivity (Wildman–Crippen MR) is 131 cm³/mol. The fourth-order valence-electron chi connectivity index (χ4n) is 5.05. The highest BCUT2D eigenvalue weighted by Crippen LogP contribution is 2.40. The van der Waals surface area contributed by atoms with Gasteiger partial charge < -0.3 is 19.4 Å². The standard InChI is InChI=1S/C26H29F2N5O2/c1-16-15-32(7-8-35-16)24-14-29-22-10-17(26(34)31(2)3)9-21(25(22)30-24)23-5-4-6-33(23)20-12-18(27)11-19(28)13-20/h9-14,16,23H,4-8,15H2,1-3H3/t16-,23?/m1/s1. The van der Waals surface area contributed by atoms with Gasteiger partial charge in [0.15, 0.2) is 0 Å². The summed E-state index contributed by atoms with van der Waals surface area (Å²) in [7, 11) is 3.41. The summed E-state index contributed by atoms with van der Waals surface area (Å²) >= 11 is 0. The first kappa shape index (κ1) is 23.4. The van der Waals surface area contributed by atoms with Crippen LogP contribution in [-0.4, -0.2) is 67.2 Å². The molecule has 1 amide bonds. The van der Waals surface area contributed by atoms with Crippen LogP contribution in [0.1, 0.15) is 41.7 Å². The minimum absolute atomic E-state index is 0.0917. The van der Waals surface area contributed by atoms with E-state index in [2.05, 4.69) is 9.88 Å². The van der Waals surface area contributed by atoms with Crippen LogP contribution in [-0.2, 0) is 4.74 Å². The average molecular weight is 482 g/mol. The molecule has 5 rings (SSSR count). The van der Waals surface area contributed by atoms with Gasteiger partial charge in [0.1, 0.15) is 17.5 Å². The molecule has 7 nitrogen and oxygen atoms in total. The van der Waals surface area contributed by atoms with E-state index in [1.54, 1.807) is 26.4 Å². The molecule has 2 aliphatic rings. The Morgan fingerprint density at radius 1 is 1.11 bits per heavy atom. The van der Waals surface area contributed by atoms with E-state index in [9.17, 15) is 13.6 Å². The van der Waals surface area contributed by atoms with Crippen molar-refractivity contribution in [2.75, 3.05) is 50.1 Å². The number of morpholine rings is 1. The first-order valence-corrected chi connectivity index (χ1v) is 11.9. The number of amides is 1. The second kappa shape index (κ2) is 9.37. The van der Waals surface area contributed by atoms with Gasteiger partial charge in [-0.25, -0.2) is 13.8 Å². The first-order valence-electron chi connectivity index (χ1n) is 11.9. The number of halogens is 2. The van der Waals surface area contributed by atoms with E-state index in [1.165, 1.54) is 17.0 Å². The zero-order valence-corrected chi connectivity index (χ0v) is 20.2. The van der Waals surface area contributed by atoms with E-state index in [-0.39, 0.29) is 18.1 Å². The zero-order valence-electron chi connectivity index (χ0n) is 20.2. The van der Waals surface area contributed by atoms with Crippen molar-refractivity contribution in [3.8, 4) is 0 Å². The largest absolute Gasteiger partial charge is 0.375 e. The number of anilines is 2. The van der Waals surface area contributed by atoms with E-state index in [4.69, 9.17) is 9.72 Å².